The molecular weight excluding hydrogens is 108 g/mol. The van der Waals surface area contributed by atoms with Crippen molar-refractivity contribution in [3.05, 3.63) is 11.1 Å². The van der Waals surface area contributed by atoms with Crippen LogP contribution in [0.3, 0.4) is 0 Å². The molecule has 0 atom stereocenters. The van der Waals surface area contributed by atoms with E-state index in [1.165, 1.54) is 11.9 Å². The van der Waals surface area contributed by atoms with Gasteiger partial charge in [0.2, 0.25) is 0 Å². The van der Waals surface area contributed by atoms with Gasteiger partial charge >= 0.3 is 0 Å². The summed E-state index contributed by atoms with van der Waals surface area (Å²) < 4.78 is 0. The summed E-state index contributed by atoms with van der Waals surface area (Å²) in [6, 6.07) is 0. The van der Waals surface area contributed by atoms with Crippen molar-refractivity contribution >= 4 is 11.9 Å². The quantitative estimate of drug-likeness (QED) is 0.523. The first-order valence-corrected chi connectivity index (χ1v) is 2.95. The van der Waals surface area contributed by atoms with Gasteiger partial charge in [0.15, 0.2) is 0 Å². The van der Waals surface area contributed by atoms with Gasteiger partial charge < -0.3 is 5.32 Å². The molecule has 0 rings (SSSR count). The maximum absolute atomic E-state index is 5.11. The van der Waals surface area contributed by atoms with Crippen molar-refractivity contribution in [1.29, 1.82) is 0 Å². The molecule has 0 aliphatic carbocycles. The third kappa shape index (κ3) is 3.69. The van der Waals surface area contributed by atoms with Crippen molar-refractivity contribution in [2.24, 2.45) is 5.14 Å². The standard InChI is InChI=1S/C4H10N2S/c1-4(6-2)3-7-5/h3,6H,5H2,1-2H3/b4-3-. The van der Waals surface area contributed by atoms with Gasteiger partial charge in [-0.15, -0.1) is 0 Å². The van der Waals surface area contributed by atoms with Gasteiger partial charge in [-0.2, -0.15) is 0 Å². The second-order valence-electron chi connectivity index (χ2n) is 1.19. The van der Waals surface area contributed by atoms with Gasteiger partial charge in [0.1, 0.15) is 0 Å². The Morgan fingerprint density at radius 3 is 2.57 bits per heavy atom. The molecule has 0 aliphatic heterocycles. The van der Waals surface area contributed by atoms with E-state index in [1.807, 2.05) is 19.4 Å². The zero-order valence-corrected chi connectivity index (χ0v) is 5.38. The van der Waals surface area contributed by atoms with Gasteiger partial charge in [-0.1, -0.05) is 11.9 Å². The van der Waals surface area contributed by atoms with E-state index in [4.69, 9.17) is 5.14 Å². The van der Waals surface area contributed by atoms with Crippen molar-refractivity contribution in [3.8, 4) is 0 Å². The molecule has 0 spiro atoms. The van der Waals surface area contributed by atoms with E-state index >= 15 is 0 Å². The molecule has 0 aromatic heterocycles. The Labute approximate surface area is 48.3 Å². The molecule has 7 heavy (non-hydrogen) atoms. The first kappa shape index (κ1) is 6.85. The summed E-state index contributed by atoms with van der Waals surface area (Å²) >= 11 is 1.21. The summed E-state index contributed by atoms with van der Waals surface area (Å²) in [5, 5.41) is 9.88. The van der Waals surface area contributed by atoms with Crippen LogP contribution in [0.2, 0.25) is 0 Å². The van der Waals surface area contributed by atoms with Crippen molar-refractivity contribution < 1.29 is 0 Å². The molecule has 0 fully saturated rings. The molecule has 42 valence electrons. The minimum absolute atomic E-state index is 1.09. The second-order valence-corrected chi connectivity index (χ2v) is 1.69. The van der Waals surface area contributed by atoms with Crippen LogP contribution >= 0.6 is 11.9 Å². The number of hydrogen-bond donors (Lipinski definition) is 2. The number of rotatable bonds is 2. The summed E-state index contributed by atoms with van der Waals surface area (Å²) in [6.07, 6.45) is 0. The van der Waals surface area contributed by atoms with Crippen LogP contribution in [0, 0.1) is 0 Å². The van der Waals surface area contributed by atoms with Crippen LogP contribution in [0.1, 0.15) is 6.92 Å². The van der Waals surface area contributed by atoms with Crippen LogP contribution in [0.4, 0.5) is 0 Å². The topological polar surface area (TPSA) is 38.0 Å². The Balaban J connectivity index is 3.29. The fraction of sp³-hybridized carbons (Fsp3) is 0.500. The van der Waals surface area contributed by atoms with E-state index in [0.717, 1.165) is 5.70 Å². The highest BCUT2D eigenvalue weighted by Gasteiger charge is 1.74. The highest BCUT2D eigenvalue weighted by Crippen LogP contribution is 1.92. The zero-order valence-electron chi connectivity index (χ0n) is 4.56. The Bertz CT molecular complexity index is 70.1. The molecule has 0 aliphatic rings. The molecule has 0 saturated heterocycles. The zero-order chi connectivity index (χ0) is 5.70. The van der Waals surface area contributed by atoms with Crippen molar-refractivity contribution in [2.75, 3.05) is 7.05 Å². The van der Waals surface area contributed by atoms with E-state index in [0.29, 0.717) is 0 Å². The van der Waals surface area contributed by atoms with Crippen LogP contribution in [-0.2, 0) is 0 Å². The van der Waals surface area contributed by atoms with Crippen LogP contribution in [0.25, 0.3) is 0 Å². The Morgan fingerprint density at radius 1 is 1.86 bits per heavy atom. The van der Waals surface area contributed by atoms with Crippen molar-refractivity contribution in [2.45, 2.75) is 6.92 Å². The number of nitrogens with two attached hydrogens (primary N) is 1. The number of hydrogen-bond acceptors (Lipinski definition) is 3. The molecule has 0 radical (unpaired) electrons. The number of nitrogens with one attached hydrogen (secondary N) is 1. The van der Waals surface area contributed by atoms with Gasteiger partial charge in [0, 0.05) is 18.2 Å². The first-order valence-electron chi connectivity index (χ1n) is 2.01. The van der Waals surface area contributed by atoms with Crippen LogP contribution in [-0.4, -0.2) is 7.05 Å². The predicted octanol–water partition coefficient (Wildman–Crippen LogP) is 0.674. The van der Waals surface area contributed by atoms with Gasteiger partial charge in [-0.3, -0.25) is 5.14 Å². The van der Waals surface area contributed by atoms with Gasteiger partial charge in [-0.05, 0) is 6.92 Å². The van der Waals surface area contributed by atoms with E-state index in [1.54, 1.807) is 0 Å². The summed E-state index contributed by atoms with van der Waals surface area (Å²) in [5.41, 5.74) is 1.09. The number of allylic oxidation sites excluding steroid dienone is 1. The van der Waals surface area contributed by atoms with E-state index in [9.17, 15) is 0 Å². The lowest BCUT2D eigenvalue weighted by Crippen LogP contribution is -2.00. The van der Waals surface area contributed by atoms with E-state index in [-0.39, 0.29) is 0 Å². The summed E-state index contributed by atoms with van der Waals surface area (Å²) in [6.45, 7) is 1.96. The largest absolute Gasteiger partial charge is 0.391 e. The highest BCUT2D eigenvalue weighted by atomic mass is 32.2. The Morgan fingerprint density at radius 2 is 2.43 bits per heavy atom. The molecule has 3 heteroatoms. The lowest BCUT2D eigenvalue weighted by Gasteiger charge is -1.93. The average Bonchev–Trinajstić information content (AvgIpc) is 1.68. The SMILES string of the molecule is CN/C(C)=C\SN. The lowest BCUT2D eigenvalue weighted by atomic mass is 10.6. The maximum atomic E-state index is 5.11. The first-order chi connectivity index (χ1) is 3.31. The molecular formula is C4H10N2S. The minimum atomic E-state index is 1.09. The van der Waals surface area contributed by atoms with E-state index < -0.39 is 0 Å². The van der Waals surface area contributed by atoms with Crippen LogP contribution in [0.5, 0.6) is 0 Å². The molecule has 0 unspecified atom stereocenters. The normalized spacial score (nSPS) is 11.6. The van der Waals surface area contributed by atoms with Crippen molar-refractivity contribution in [1.82, 2.24) is 5.32 Å². The van der Waals surface area contributed by atoms with Crippen LogP contribution < -0.4 is 10.5 Å². The minimum Gasteiger partial charge on any atom is -0.391 e. The molecule has 3 N–H and O–H groups in total. The van der Waals surface area contributed by atoms with Gasteiger partial charge in [0.05, 0.1) is 0 Å². The fourth-order valence-electron chi connectivity index (χ4n) is 0.161. The average molecular weight is 118 g/mol. The van der Waals surface area contributed by atoms with Gasteiger partial charge in [-0.25, -0.2) is 0 Å². The van der Waals surface area contributed by atoms with Gasteiger partial charge in [0.25, 0.3) is 0 Å². The smallest absolute Gasteiger partial charge is 0.0149 e. The summed E-state index contributed by atoms with van der Waals surface area (Å²) in [7, 11) is 1.86. The summed E-state index contributed by atoms with van der Waals surface area (Å²) in [5.74, 6) is 0. The fourth-order valence-corrected chi connectivity index (χ4v) is 0.483. The van der Waals surface area contributed by atoms with E-state index in [2.05, 4.69) is 5.32 Å². The molecule has 0 bridgehead atoms. The molecule has 0 amide bonds. The molecule has 0 saturated carbocycles. The highest BCUT2D eigenvalue weighted by molar-refractivity contribution is 7.99. The monoisotopic (exact) mass is 118 g/mol. The molecule has 0 aromatic rings. The lowest BCUT2D eigenvalue weighted by molar-refractivity contribution is 0.996. The Hall–Kier alpha value is -0.150. The summed E-state index contributed by atoms with van der Waals surface area (Å²) in [4.78, 5) is 0. The molecule has 0 aromatic carbocycles. The predicted molar refractivity (Wildman–Crippen MR) is 34.6 cm³/mol. The maximum Gasteiger partial charge on any atom is 0.0149 e. The third-order valence-corrected chi connectivity index (χ3v) is 1.13. The molecule has 2 nitrogen and oxygen atoms in total. The van der Waals surface area contributed by atoms with Crippen LogP contribution in [0.15, 0.2) is 11.1 Å². The third-order valence-electron chi connectivity index (χ3n) is 0.639. The van der Waals surface area contributed by atoms with Crippen molar-refractivity contribution in [3.63, 3.8) is 0 Å². The molecule has 0 heterocycles. The second kappa shape index (κ2) is 4.02. The Kier molecular flexibility index (Phi) is 3.93.